The summed E-state index contributed by atoms with van der Waals surface area (Å²) < 4.78 is 0. The number of allylic oxidation sites excluding steroid dienone is 1. The molecule has 1 rings (SSSR count). The first-order chi connectivity index (χ1) is 5.80. The normalized spacial score (nSPS) is 20.2. The maximum Gasteiger partial charge on any atom is 0.244 e. The van der Waals surface area contributed by atoms with E-state index in [9.17, 15) is 4.79 Å². The Morgan fingerprint density at radius 2 is 1.83 bits per heavy atom. The molecule has 68 valence electrons. The van der Waals surface area contributed by atoms with E-state index < -0.39 is 0 Å². The highest BCUT2D eigenvalue weighted by molar-refractivity contribution is 5.91. The van der Waals surface area contributed by atoms with Gasteiger partial charge in [-0.25, -0.2) is 0 Å². The monoisotopic (exact) mass is 167 g/mol. The van der Waals surface area contributed by atoms with Crippen molar-refractivity contribution in [3.05, 3.63) is 11.6 Å². The highest BCUT2D eigenvalue weighted by Gasteiger charge is 2.05. The Bertz CT molecular complexity index is 184. The van der Waals surface area contributed by atoms with Crippen LogP contribution in [0.5, 0.6) is 0 Å². The standard InChI is InChI=1S/C10H17NO/c11-10(12)9-7-5-3-1-2-4-6-8-9/h7H,1-6,8H2,(H2,11,12). The largest absolute Gasteiger partial charge is 0.366 e. The predicted octanol–water partition coefficient (Wildman–Crippen LogP) is 2.14. The van der Waals surface area contributed by atoms with Gasteiger partial charge in [0.1, 0.15) is 0 Å². The summed E-state index contributed by atoms with van der Waals surface area (Å²) in [6.45, 7) is 0. The molecule has 1 aliphatic carbocycles. The number of hydrogen-bond acceptors (Lipinski definition) is 1. The lowest BCUT2D eigenvalue weighted by molar-refractivity contribution is -0.114. The van der Waals surface area contributed by atoms with Crippen molar-refractivity contribution in [3.8, 4) is 0 Å². The molecule has 0 bridgehead atoms. The van der Waals surface area contributed by atoms with Crippen LogP contribution in [0.3, 0.4) is 0 Å². The summed E-state index contributed by atoms with van der Waals surface area (Å²) in [6, 6.07) is 0. The van der Waals surface area contributed by atoms with E-state index in [1.807, 2.05) is 6.08 Å². The first-order valence-corrected chi connectivity index (χ1v) is 4.79. The summed E-state index contributed by atoms with van der Waals surface area (Å²) >= 11 is 0. The Balaban J connectivity index is 2.49. The third kappa shape index (κ3) is 3.07. The van der Waals surface area contributed by atoms with E-state index in [0.29, 0.717) is 0 Å². The summed E-state index contributed by atoms with van der Waals surface area (Å²) in [5.74, 6) is -0.225. The average molecular weight is 167 g/mol. The molecule has 2 nitrogen and oxygen atoms in total. The molecule has 0 saturated carbocycles. The number of nitrogens with two attached hydrogens (primary N) is 1. The number of rotatable bonds is 1. The van der Waals surface area contributed by atoms with Crippen molar-refractivity contribution in [2.24, 2.45) is 5.73 Å². The van der Waals surface area contributed by atoms with Crippen LogP contribution in [0.25, 0.3) is 0 Å². The van der Waals surface area contributed by atoms with E-state index in [2.05, 4.69) is 0 Å². The average Bonchev–Trinajstić information content (AvgIpc) is 2.15. The maximum atomic E-state index is 10.9. The van der Waals surface area contributed by atoms with Gasteiger partial charge in [-0.05, 0) is 25.7 Å². The lowest BCUT2D eigenvalue weighted by Gasteiger charge is -2.00. The van der Waals surface area contributed by atoms with Crippen LogP contribution in [-0.4, -0.2) is 5.91 Å². The minimum atomic E-state index is -0.225. The van der Waals surface area contributed by atoms with Crippen LogP contribution in [0.4, 0.5) is 0 Å². The van der Waals surface area contributed by atoms with Crippen LogP contribution >= 0.6 is 0 Å². The third-order valence-corrected chi connectivity index (χ3v) is 2.36. The van der Waals surface area contributed by atoms with Gasteiger partial charge in [-0.15, -0.1) is 0 Å². The fraction of sp³-hybridized carbons (Fsp3) is 0.700. The van der Waals surface area contributed by atoms with Crippen LogP contribution in [0, 0.1) is 0 Å². The highest BCUT2D eigenvalue weighted by Crippen LogP contribution is 2.16. The Morgan fingerprint density at radius 1 is 1.17 bits per heavy atom. The van der Waals surface area contributed by atoms with Gasteiger partial charge in [-0.3, -0.25) is 4.79 Å². The van der Waals surface area contributed by atoms with Crippen molar-refractivity contribution in [1.82, 2.24) is 0 Å². The summed E-state index contributed by atoms with van der Waals surface area (Å²) in [5, 5.41) is 0. The first kappa shape index (κ1) is 9.30. The molecule has 0 fully saturated rings. The van der Waals surface area contributed by atoms with Gasteiger partial charge in [0.25, 0.3) is 0 Å². The van der Waals surface area contributed by atoms with Gasteiger partial charge in [0.05, 0.1) is 0 Å². The Hall–Kier alpha value is -0.790. The highest BCUT2D eigenvalue weighted by atomic mass is 16.1. The van der Waals surface area contributed by atoms with Crippen molar-refractivity contribution in [3.63, 3.8) is 0 Å². The van der Waals surface area contributed by atoms with Crippen LogP contribution in [0.15, 0.2) is 11.6 Å². The molecule has 0 spiro atoms. The molecule has 1 amide bonds. The van der Waals surface area contributed by atoms with E-state index in [1.165, 1.54) is 25.7 Å². The van der Waals surface area contributed by atoms with Gasteiger partial charge < -0.3 is 5.73 Å². The van der Waals surface area contributed by atoms with E-state index in [-0.39, 0.29) is 5.91 Å². The number of primary amides is 1. The minimum absolute atomic E-state index is 0.225. The molecule has 0 radical (unpaired) electrons. The predicted molar refractivity (Wildman–Crippen MR) is 49.6 cm³/mol. The molecule has 2 heteroatoms. The fourth-order valence-corrected chi connectivity index (χ4v) is 1.59. The molecule has 0 saturated heterocycles. The SMILES string of the molecule is NC(=O)C1=CCCCCCCC1. The molecule has 1 aliphatic rings. The summed E-state index contributed by atoms with van der Waals surface area (Å²) in [6.07, 6.45) is 10.1. The Kier molecular flexibility index (Phi) is 3.85. The van der Waals surface area contributed by atoms with Crippen molar-refractivity contribution in [2.45, 2.75) is 44.9 Å². The number of carbonyl (C=O) groups excluding carboxylic acids is 1. The zero-order chi connectivity index (χ0) is 8.81. The summed E-state index contributed by atoms with van der Waals surface area (Å²) in [5.41, 5.74) is 6.08. The summed E-state index contributed by atoms with van der Waals surface area (Å²) in [7, 11) is 0. The molecule has 12 heavy (non-hydrogen) atoms. The van der Waals surface area contributed by atoms with E-state index in [4.69, 9.17) is 5.73 Å². The zero-order valence-electron chi connectivity index (χ0n) is 7.51. The van der Waals surface area contributed by atoms with Crippen LogP contribution in [0.1, 0.15) is 44.9 Å². The van der Waals surface area contributed by atoms with Crippen molar-refractivity contribution in [2.75, 3.05) is 0 Å². The first-order valence-electron chi connectivity index (χ1n) is 4.79. The van der Waals surface area contributed by atoms with Gasteiger partial charge in [0.2, 0.25) is 5.91 Å². The lowest BCUT2D eigenvalue weighted by atomic mass is 10.1. The minimum Gasteiger partial charge on any atom is -0.366 e. The lowest BCUT2D eigenvalue weighted by Crippen LogP contribution is -2.13. The van der Waals surface area contributed by atoms with E-state index in [0.717, 1.165) is 24.8 Å². The Morgan fingerprint density at radius 3 is 2.58 bits per heavy atom. The molecule has 0 aliphatic heterocycles. The zero-order valence-corrected chi connectivity index (χ0v) is 7.51. The van der Waals surface area contributed by atoms with E-state index >= 15 is 0 Å². The second-order valence-electron chi connectivity index (χ2n) is 3.40. The molecule has 0 atom stereocenters. The van der Waals surface area contributed by atoms with E-state index in [1.54, 1.807) is 0 Å². The van der Waals surface area contributed by atoms with Crippen LogP contribution < -0.4 is 5.73 Å². The Labute approximate surface area is 73.8 Å². The van der Waals surface area contributed by atoms with Crippen LogP contribution in [0.2, 0.25) is 0 Å². The van der Waals surface area contributed by atoms with Crippen molar-refractivity contribution < 1.29 is 4.79 Å². The quantitative estimate of drug-likeness (QED) is 0.638. The second kappa shape index (κ2) is 4.96. The van der Waals surface area contributed by atoms with Gasteiger partial charge in [-0.2, -0.15) is 0 Å². The third-order valence-electron chi connectivity index (χ3n) is 2.36. The van der Waals surface area contributed by atoms with Gasteiger partial charge >= 0.3 is 0 Å². The fourth-order valence-electron chi connectivity index (χ4n) is 1.59. The molecule has 0 heterocycles. The molecule has 0 unspecified atom stereocenters. The topological polar surface area (TPSA) is 43.1 Å². The molecule has 0 aromatic heterocycles. The van der Waals surface area contributed by atoms with Gasteiger partial charge in [0, 0.05) is 5.57 Å². The van der Waals surface area contributed by atoms with Crippen LogP contribution in [-0.2, 0) is 4.79 Å². The van der Waals surface area contributed by atoms with Gasteiger partial charge in [-0.1, -0.05) is 25.3 Å². The molecule has 0 aromatic rings. The maximum absolute atomic E-state index is 10.9. The molecule has 0 aromatic carbocycles. The van der Waals surface area contributed by atoms with Crippen molar-refractivity contribution >= 4 is 5.91 Å². The number of amides is 1. The molecular formula is C10H17NO. The molecular weight excluding hydrogens is 150 g/mol. The summed E-state index contributed by atoms with van der Waals surface area (Å²) in [4.78, 5) is 10.9. The van der Waals surface area contributed by atoms with Gasteiger partial charge in [0.15, 0.2) is 0 Å². The second-order valence-corrected chi connectivity index (χ2v) is 3.40. The van der Waals surface area contributed by atoms with Crippen molar-refractivity contribution in [1.29, 1.82) is 0 Å². The molecule has 2 N–H and O–H groups in total. The number of carbonyl (C=O) groups is 1. The number of hydrogen-bond donors (Lipinski definition) is 1. The smallest absolute Gasteiger partial charge is 0.244 e.